The van der Waals surface area contributed by atoms with Gasteiger partial charge >= 0.3 is 0 Å². The van der Waals surface area contributed by atoms with Gasteiger partial charge in [-0.15, -0.1) is 11.8 Å². The monoisotopic (exact) mass is 206 g/mol. The van der Waals surface area contributed by atoms with Crippen LogP contribution in [0.25, 0.3) is 0 Å². The van der Waals surface area contributed by atoms with Gasteiger partial charge in [0.2, 0.25) is 0 Å². The molecule has 1 heterocycles. The first kappa shape index (κ1) is 9.78. The van der Waals surface area contributed by atoms with Crippen molar-refractivity contribution < 1.29 is 4.79 Å². The summed E-state index contributed by atoms with van der Waals surface area (Å²) in [5.41, 5.74) is 2.08. The maximum Gasteiger partial charge on any atom is 0.167 e. The summed E-state index contributed by atoms with van der Waals surface area (Å²) in [5.74, 6) is 0.448. The molecular weight excluding hydrogens is 192 g/mol. The van der Waals surface area contributed by atoms with Crippen LogP contribution in [-0.4, -0.2) is 11.0 Å². The van der Waals surface area contributed by atoms with Gasteiger partial charge < -0.3 is 0 Å². The fraction of sp³-hybridized carbons (Fsp3) is 0.417. The second-order valence-electron chi connectivity index (χ2n) is 3.98. The van der Waals surface area contributed by atoms with E-state index in [0.717, 1.165) is 10.5 Å². The third-order valence-electron chi connectivity index (χ3n) is 2.83. The highest BCUT2D eigenvalue weighted by molar-refractivity contribution is 8.00. The molecule has 0 fully saturated rings. The van der Waals surface area contributed by atoms with Crippen molar-refractivity contribution in [3.63, 3.8) is 0 Å². The second-order valence-corrected chi connectivity index (χ2v) is 5.39. The SMILES string of the molecule is Cc1ccc2c(c1)C(=O)[C@H](C)[C@@H](C)S2. The van der Waals surface area contributed by atoms with Crippen LogP contribution >= 0.6 is 11.8 Å². The lowest BCUT2D eigenvalue weighted by Crippen LogP contribution is -2.25. The van der Waals surface area contributed by atoms with Gasteiger partial charge in [0, 0.05) is 21.6 Å². The van der Waals surface area contributed by atoms with Crippen molar-refractivity contribution in [3.05, 3.63) is 29.3 Å². The van der Waals surface area contributed by atoms with E-state index in [1.54, 1.807) is 0 Å². The first-order chi connectivity index (χ1) is 6.59. The Kier molecular flexibility index (Phi) is 2.40. The van der Waals surface area contributed by atoms with E-state index in [9.17, 15) is 4.79 Å². The molecule has 0 bridgehead atoms. The molecule has 14 heavy (non-hydrogen) atoms. The van der Waals surface area contributed by atoms with E-state index in [4.69, 9.17) is 0 Å². The van der Waals surface area contributed by atoms with Crippen molar-refractivity contribution in [1.29, 1.82) is 0 Å². The largest absolute Gasteiger partial charge is 0.294 e. The van der Waals surface area contributed by atoms with Gasteiger partial charge in [-0.05, 0) is 19.1 Å². The molecule has 1 aliphatic rings. The van der Waals surface area contributed by atoms with Crippen molar-refractivity contribution in [2.75, 3.05) is 0 Å². The zero-order valence-electron chi connectivity index (χ0n) is 8.70. The number of carbonyl (C=O) groups is 1. The van der Waals surface area contributed by atoms with E-state index in [1.807, 2.05) is 31.7 Å². The van der Waals surface area contributed by atoms with E-state index < -0.39 is 0 Å². The molecule has 0 spiro atoms. The molecule has 1 aliphatic heterocycles. The van der Waals surface area contributed by atoms with Gasteiger partial charge in [0.05, 0.1) is 0 Å². The lowest BCUT2D eigenvalue weighted by Gasteiger charge is -2.26. The molecule has 0 unspecified atom stereocenters. The molecule has 1 nitrogen and oxygen atoms in total. The minimum atomic E-state index is 0.147. The molecule has 0 N–H and O–H groups in total. The Balaban J connectivity index is 2.51. The molecule has 0 saturated heterocycles. The lowest BCUT2D eigenvalue weighted by molar-refractivity contribution is 0.0924. The number of hydrogen-bond donors (Lipinski definition) is 0. The maximum absolute atomic E-state index is 12.0. The molecule has 2 atom stereocenters. The minimum Gasteiger partial charge on any atom is -0.294 e. The first-order valence-electron chi connectivity index (χ1n) is 4.91. The Hall–Kier alpha value is -0.760. The molecule has 0 saturated carbocycles. The summed E-state index contributed by atoms with van der Waals surface area (Å²) >= 11 is 1.81. The third-order valence-corrected chi connectivity index (χ3v) is 4.22. The van der Waals surface area contributed by atoms with Crippen LogP contribution in [-0.2, 0) is 0 Å². The fourth-order valence-corrected chi connectivity index (χ4v) is 2.86. The second kappa shape index (κ2) is 3.43. The fourth-order valence-electron chi connectivity index (χ4n) is 1.70. The summed E-state index contributed by atoms with van der Waals surface area (Å²) in [7, 11) is 0. The number of thioether (sulfide) groups is 1. The van der Waals surface area contributed by atoms with Crippen LogP contribution in [0.4, 0.5) is 0 Å². The normalized spacial score (nSPS) is 26.1. The van der Waals surface area contributed by atoms with E-state index in [2.05, 4.69) is 19.1 Å². The van der Waals surface area contributed by atoms with Crippen LogP contribution in [0.2, 0.25) is 0 Å². The van der Waals surface area contributed by atoms with Gasteiger partial charge in [0.15, 0.2) is 5.78 Å². The zero-order valence-corrected chi connectivity index (χ0v) is 9.52. The number of aryl methyl sites for hydroxylation is 1. The molecule has 0 aliphatic carbocycles. The zero-order chi connectivity index (χ0) is 10.3. The number of fused-ring (bicyclic) bond motifs is 1. The highest BCUT2D eigenvalue weighted by Gasteiger charge is 2.29. The summed E-state index contributed by atoms with van der Waals surface area (Å²) in [6.45, 7) is 6.17. The highest BCUT2D eigenvalue weighted by Crippen LogP contribution is 2.38. The van der Waals surface area contributed by atoms with Crippen LogP contribution in [0.1, 0.15) is 29.8 Å². The van der Waals surface area contributed by atoms with E-state index in [0.29, 0.717) is 11.0 Å². The lowest BCUT2D eigenvalue weighted by atomic mass is 9.95. The third kappa shape index (κ3) is 1.48. The predicted molar refractivity (Wildman–Crippen MR) is 60.0 cm³/mol. The van der Waals surface area contributed by atoms with Crippen LogP contribution < -0.4 is 0 Å². The maximum atomic E-state index is 12.0. The Morgan fingerprint density at radius 3 is 2.71 bits per heavy atom. The quantitative estimate of drug-likeness (QED) is 0.648. The Bertz CT molecular complexity index is 384. The molecule has 1 aromatic carbocycles. The summed E-state index contributed by atoms with van der Waals surface area (Å²) in [6.07, 6.45) is 0. The van der Waals surface area contributed by atoms with Gasteiger partial charge in [-0.25, -0.2) is 0 Å². The number of ketones is 1. The van der Waals surface area contributed by atoms with Crippen LogP contribution in [0.5, 0.6) is 0 Å². The molecule has 0 aromatic heterocycles. The summed E-state index contributed by atoms with van der Waals surface area (Å²) in [6, 6.07) is 6.14. The van der Waals surface area contributed by atoms with Crippen molar-refractivity contribution in [2.45, 2.75) is 30.9 Å². The number of benzene rings is 1. The van der Waals surface area contributed by atoms with Gasteiger partial charge in [0.25, 0.3) is 0 Å². The first-order valence-corrected chi connectivity index (χ1v) is 5.79. The van der Waals surface area contributed by atoms with Crippen molar-refractivity contribution in [1.82, 2.24) is 0 Å². The van der Waals surface area contributed by atoms with E-state index in [1.165, 1.54) is 5.56 Å². The predicted octanol–water partition coefficient (Wildman–Crippen LogP) is 3.31. The van der Waals surface area contributed by atoms with Crippen molar-refractivity contribution in [2.24, 2.45) is 5.92 Å². The summed E-state index contributed by atoms with van der Waals surface area (Å²) < 4.78 is 0. The average molecular weight is 206 g/mol. The van der Waals surface area contributed by atoms with Gasteiger partial charge in [-0.2, -0.15) is 0 Å². The van der Waals surface area contributed by atoms with Gasteiger partial charge in [-0.1, -0.05) is 25.5 Å². The van der Waals surface area contributed by atoms with Crippen molar-refractivity contribution >= 4 is 17.5 Å². The topological polar surface area (TPSA) is 17.1 Å². The average Bonchev–Trinajstić information content (AvgIpc) is 2.16. The van der Waals surface area contributed by atoms with Crippen LogP contribution in [0.15, 0.2) is 23.1 Å². The molecular formula is C12H14OS. The Morgan fingerprint density at radius 2 is 2.00 bits per heavy atom. The molecule has 2 rings (SSSR count). The van der Waals surface area contributed by atoms with Gasteiger partial charge in [-0.3, -0.25) is 4.79 Å². The molecule has 0 amide bonds. The van der Waals surface area contributed by atoms with E-state index >= 15 is 0 Å². The Morgan fingerprint density at radius 1 is 1.29 bits per heavy atom. The smallest absolute Gasteiger partial charge is 0.167 e. The summed E-state index contributed by atoms with van der Waals surface area (Å²) in [5, 5.41) is 0.401. The van der Waals surface area contributed by atoms with Crippen LogP contribution in [0.3, 0.4) is 0 Å². The molecule has 2 heteroatoms. The minimum absolute atomic E-state index is 0.147. The Labute approximate surface area is 88.9 Å². The number of hydrogen-bond acceptors (Lipinski definition) is 2. The van der Waals surface area contributed by atoms with Crippen molar-refractivity contribution in [3.8, 4) is 0 Å². The number of Topliss-reactive ketones (excluding diaryl/α,β-unsaturated/α-hetero) is 1. The van der Waals surface area contributed by atoms with Gasteiger partial charge in [0.1, 0.15) is 0 Å². The standard InChI is InChI=1S/C12H14OS/c1-7-4-5-11-10(6-7)12(13)8(2)9(3)14-11/h4-6,8-9H,1-3H3/t8-,9-/m1/s1. The molecule has 0 radical (unpaired) electrons. The van der Waals surface area contributed by atoms with E-state index in [-0.39, 0.29) is 5.92 Å². The highest BCUT2D eigenvalue weighted by atomic mass is 32.2. The number of rotatable bonds is 0. The number of carbonyl (C=O) groups excluding carboxylic acids is 1. The molecule has 74 valence electrons. The van der Waals surface area contributed by atoms with Crippen LogP contribution in [0, 0.1) is 12.8 Å². The molecule has 1 aromatic rings. The summed E-state index contributed by atoms with van der Waals surface area (Å²) in [4.78, 5) is 13.1.